The van der Waals surface area contributed by atoms with Crippen molar-refractivity contribution in [1.82, 2.24) is 40.1 Å². The van der Waals surface area contributed by atoms with Gasteiger partial charge in [0.2, 0.25) is 5.91 Å². The summed E-state index contributed by atoms with van der Waals surface area (Å²) in [5.74, 6) is 4.02. The number of amides is 2. The van der Waals surface area contributed by atoms with Crippen LogP contribution in [0, 0.1) is 40.8 Å². The first-order chi connectivity index (χ1) is 37.4. The van der Waals surface area contributed by atoms with Gasteiger partial charge in [0, 0.05) is 89.8 Å². The van der Waals surface area contributed by atoms with Crippen molar-refractivity contribution in [3.8, 4) is 34.4 Å². The van der Waals surface area contributed by atoms with E-state index < -0.39 is 60.2 Å². The fourth-order valence-corrected chi connectivity index (χ4v) is 13.3. The Morgan fingerprint density at radius 1 is 1.01 bits per heavy atom. The molecule has 20 heteroatoms. The number of halogens is 4. The fraction of sp³-hybridized carbons (Fsp3) is 0.534. The van der Waals surface area contributed by atoms with Crippen molar-refractivity contribution >= 4 is 40.0 Å². The number of nitrogens with one attached hydrogen (secondary N) is 2. The summed E-state index contributed by atoms with van der Waals surface area (Å²) in [4.78, 5) is 59.2. The van der Waals surface area contributed by atoms with Crippen LogP contribution >= 0.6 is 11.3 Å². The highest BCUT2D eigenvalue weighted by Crippen LogP contribution is 2.54. The molecule has 0 unspecified atom stereocenters. The van der Waals surface area contributed by atoms with E-state index in [0.29, 0.717) is 108 Å². The molecule has 0 spiro atoms. The quantitative estimate of drug-likeness (QED) is 0.0841. The highest BCUT2D eigenvalue weighted by atomic mass is 32.1. The van der Waals surface area contributed by atoms with E-state index in [1.54, 1.807) is 37.4 Å². The van der Waals surface area contributed by atoms with E-state index >= 15 is 18.0 Å². The molecule has 15 nitrogen and oxygen atoms in total. The van der Waals surface area contributed by atoms with Gasteiger partial charge in [-0.15, -0.1) is 11.3 Å². The van der Waals surface area contributed by atoms with E-state index in [4.69, 9.17) is 28.9 Å². The summed E-state index contributed by atoms with van der Waals surface area (Å²) < 4.78 is 84.4. The van der Waals surface area contributed by atoms with Crippen molar-refractivity contribution in [2.45, 2.75) is 109 Å². The number of morpholine rings is 2. The topological polar surface area (TPSA) is 153 Å². The van der Waals surface area contributed by atoms with Crippen LogP contribution in [0.1, 0.15) is 92.9 Å². The summed E-state index contributed by atoms with van der Waals surface area (Å²) in [5, 5.41) is 7.69. The molecule has 5 aromatic rings. The van der Waals surface area contributed by atoms with E-state index in [1.165, 1.54) is 40.2 Å². The Balaban J connectivity index is 1.06. The number of aromatic nitrogens is 3. The molecule has 4 saturated heterocycles. The van der Waals surface area contributed by atoms with Gasteiger partial charge in [-0.3, -0.25) is 34.2 Å². The molecule has 5 aliphatic heterocycles. The molecule has 3 aromatic heterocycles. The molecular formula is C58H66F4N8O7S. The Morgan fingerprint density at radius 2 is 1.73 bits per heavy atom. The maximum atomic E-state index is 15.5. The standard InChI is InChI=1S/C58H66F4N8O7S/c1-32(67-15-19-75-20-16-67)7-8-35-23-42(48(63-28-35)34(3)74-6)51-43-27-57(4,5)31-77-56(73)49-38-24-40(25-38)70(66-49)55(72)50(65-53(71)47-33(2)46(47)36-9-12-39(59)13-10-36)52(68-17-21-76-22-18-68)54-64-44(29-78-54)37-11-14-45(41(43)26-37)69(51)30-58(60,61)62/h9-14,23,26,28-29,32-34,38,40,46-47,49-50,52,66H,15-22,24-25,27,30-31H2,1-6H3,(H,65,71)/t32-,33+,34+,38?,40?,46+,47-,49+,50+,52+/m1/s1. The SMILES string of the molecule is CO[C@@H](C)c1ncc(C#C[C@@H](C)N2CCOCC2)cc1-c1c2c3cc(ccc3n1CC(F)(F)F)-c1csc(n1)[C@@H](N1CCOCC1)[C@H](NC(=O)[C@@H]1[C@@H](C)[C@H]1c1ccc(F)cc1)C(=O)N1N[C@H](C(=O)OCC(C)(C)C2)C2CC1C2. The molecule has 8 bridgehead atoms. The number of rotatable bonds is 9. The number of hydrogen-bond acceptors (Lipinski definition) is 13. The zero-order valence-corrected chi connectivity index (χ0v) is 45.5. The van der Waals surface area contributed by atoms with Gasteiger partial charge in [-0.2, -0.15) is 13.2 Å². The Morgan fingerprint density at radius 3 is 2.44 bits per heavy atom. The molecular weight excluding hydrogens is 1030 g/mol. The lowest BCUT2D eigenvalue weighted by atomic mass is 9.73. The number of fused-ring (bicyclic) bond motifs is 4. The number of alkyl halides is 3. The summed E-state index contributed by atoms with van der Waals surface area (Å²) in [7, 11) is 1.53. The molecule has 2 N–H and O–H groups in total. The average Bonchev–Trinajstić information content (AvgIpc) is 3.96. The molecule has 2 saturated carbocycles. The van der Waals surface area contributed by atoms with Gasteiger partial charge in [0.1, 0.15) is 29.5 Å². The number of hydrogen-bond donors (Lipinski definition) is 2. The number of cyclic esters (lactones) is 1. The van der Waals surface area contributed by atoms with Crippen LogP contribution < -0.4 is 10.7 Å². The maximum Gasteiger partial charge on any atom is 0.406 e. The van der Waals surface area contributed by atoms with Crippen LogP contribution in [-0.4, -0.2) is 144 Å². The first kappa shape index (κ1) is 54.2. The summed E-state index contributed by atoms with van der Waals surface area (Å²) in [6.07, 6.45) is -2.41. The van der Waals surface area contributed by atoms with E-state index in [1.807, 2.05) is 45.2 Å². The number of methoxy groups -OCH3 is 1. The van der Waals surface area contributed by atoms with E-state index in [0.717, 1.165) is 18.7 Å². The smallest absolute Gasteiger partial charge is 0.406 e. The van der Waals surface area contributed by atoms with Crippen LogP contribution in [0.15, 0.2) is 60.1 Å². The number of hydrazine groups is 1. The summed E-state index contributed by atoms with van der Waals surface area (Å²) in [6, 6.07) is 10.0. The molecule has 8 heterocycles. The fourth-order valence-electron chi connectivity index (χ4n) is 12.3. The molecule has 78 heavy (non-hydrogen) atoms. The van der Waals surface area contributed by atoms with E-state index in [-0.39, 0.29) is 54.6 Å². The summed E-state index contributed by atoms with van der Waals surface area (Å²) in [5.41, 5.74) is 6.97. The first-order valence-corrected chi connectivity index (χ1v) is 27.9. The van der Waals surface area contributed by atoms with Crippen LogP contribution in [-0.2, 0) is 46.3 Å². The normalized spacial score (nSPS) is 27.4. The molecule has 8 atom stereocenters. The molecule has 414 valence electrons. The van der Waals surface area contributed by atoms with E-state index in [2.05, 4.69) is 32.4 Å². The number of benzene rings is 2. The lowest BCUT2D eigenvalue weighted by Gasteiger charge is -2.53. The van der Waals surface area contributed by atoms with Crippen LogP contribution in [0.5, 0.6) is 0 Å². The molecule has 7 aliphatic rings. The predicted molar refractivity (Wildman–Crippen MR) is 284 cm³/mol. The van der Waals surface area contributed by atoms with Gasteiger partial charge in [-0.05, 0) is 92.3 Å². The molecule has 6 fully saturated rings. The zero-order chi connectivity index (χ0) is 54.8. The van der Waals surface area contributed by atoms with Crippen molar-refractivity contribution in [3.05, 3.63) is 93.3 Å². The minimum absolute atomic E-state index is 0.0912. The first-order valence-electron chi connectivity index (χ1n) is 27.0. The summed E-state index contributed by atoms with van der Waals surface area (Å²) >= 11 is 1.33. The second kappa shape index (κ2) is 21.7. The van der Waals surface area contributed by atoms with Crippen LogP contribution in [0.4, 0.5) is 17.6 Å². The monoisotopic (exact) mass is 1090 g/mol. The van der Waals surface area contributed by atoms with Gasteiger partial charge in [0.25, 0.3) is 5.91 Å². The third-order valence-corrected chi connectivity index (χ3v) is 17.7. The third kappa shape index (κ3) is 10.8. The number of esters is 1. The average molecular weight is 1100 g/mol. The maximum absolute atomic E-state index is 15.5. The van der Waals surface area contributed by atoms with Gasteiger partial charge in [-0.1, -0.05) is 50.8 Å². The molecule has 12 rings (SSSR count). The second-order valence-corrected chi connectivity index (χ2v) is 23.5. The minimum atomic E-state index is -4.65. The molecule has 0 radical (unpaired) electrons. The number of thiazole rings is 1. The van der Waals surface area contributed by atoms with Gasteiger partial charge >= 0.3 is 12.1 Å². The van der Waals surface area contributed by atoms with Crippen molar-refractivity contribution in [2.75, 3.05) is 66.3 Å². The molecule has 2 aliphatic carbocycles. The lowest BCUT2D eigenvalue weighted by molar-refractivity contribution is -0.172. The Bertz CT molecular complexity index is 3140. The highest BCUT2D eigenvalue weighted by molar-refractivity contribution is 7.10. The number of nitrogens with zero attached hydrogens (tertiary/aromatic N) is 6. The van der Waals surface area contributed by atoms with Crippen LogP contribution in [0.2, 0.25) is 0 Å². The second-order valence-electron chi connectivity index (χ2n) is 22.7. The van der Waals surface area contributed by atoms with Gasteiger partial charge in [0.15, 0.2) is 0 Å². The summed E-state index contributed by atoms with van der Waals surface area (Å²) in [6.45, 7) is 12.4. The largest absolute Gasteiger partial charge is 0.464 e. The third-order valence-electron chi connectivity index (χ3n) is 16.8. The van der Waals surface area contributed by atoms with Gasteiger partial charge < -0.3 is 28.8 Å². The van der Waals surface area contributed by atoms with Crippen molar-refractivity contribution in [1.29, 1.82) is 0 Å². The predicted octanol–water partition coefficient (Wildman–Crippen LogP) is 7.84. The highest BCUT2D eigenvalue weighted by Gasteiger charge is 2.56. The number of ether oxygens (including phenoxy) is 4. The van der Waals surface area contributed by atoms with Crippen LogP contribution in [0.3, 0.4) is 0 Å². The number of carbonyl (C=O) groups is 3. The van der Waals surface area contributed by atoms with E-state index in [9.17, 15) is 14.0 Å². The van der Waals surface area contributed by atoms with Gasteiger partial charge in [-0.25, -0.2) is 14.8 Å². The number of carbonyl (C=O) groups excluding carboxylic acids is 3. The Kier molecular flexibility index (Phi) is 15.1. The van der Waals surface area contributed by atoms with Crippen LogP contribution in [0.25, 0.3) is 33.4 Å². The number of pyridine rings is 1. The lowest BCUT2D eigenvalue weighted by Crippen LogP contribution is -2.72. The Hall–Kier alpha value is -5.79. The van der Waals surface area contributed by atoms with Crippen molar-refractivity contribution in [3.63, 3.8) is 0 Å². The Labute approximate surface area is 455 Å². The zero-order valence-electron chi connectivity index (χ0n) is 44.7. The van der Waals surface area contributed by atoms with Crippen molar-refractivity contribution in [2.24, 2.45) is 23.2 Å². The van der Waals surface area contributed by atoms with Crippen molar-refractivity contribution < 1.29 is 50.9 Å². The minimum Gasteiger partial charge on any atom is -0.464 e. The molecule has 2 aromatic carbocycles. The van der Waals surface area contributed by atoms with Gasteiger partial charge in [0.05, 0.1) is 68.3 Å². The molecule has 2 amide bonds.